The summed E-state index contributed by atoms with van der Waals surface area (Å²) < 4.78 is 5.38. The number of anilines is 1. The van der Waals surface area contributed by atoms with Crippen LogP contribution in [0.3, 0.4) is 0 Å². The van der Waals surface area contributed by atoms with Gasteiger partial charge in [-0.2, -0.15) is 0 Å². The Morgan fingerprint density at radius 1 is 1.38 bits per heavy atom. The van der Waals surface area contributed by atoms with E-state index in [0.29, 0.717) is 25.6 Å². The number of benzene rings is 1. The number of ether oxygens (including phenoxy) is 1. The Morgan fingerprint density at radius 2 is 2.12 bits per heavy atom. The maximum Gasteiger partial charge on any atom is 0.249 e. The van der Waals surface area contributed by atoms with Crippen molar-refractivity contribution in [3.63, 3.8) is 0 Å². The minimum Gasteiger partial charge on any atom is -0.368 e. The number of carbonyl (C=O) groups excluding carboxylic acids is 2. The zero-order chi connectivity index (χ0) is 17.7. The van der Waals surface area contributed by atoms with Crippen molar-refractivity contribution >= 4 is 17.5 Å². The summed E-state index contributed by atoms with van der Waals surface area (Å²) in [5.41, 5.74) is 3.18. The lowest BCUT2D eigenvalue weighted by atomic mass is 9.97. The van der Waals surface area contributed by atoms with Crippen LogP contribution < -0.4 is 10.2 Å². The molecule has 132 valence electrons. The molecular formula is C19H28N2O3. The van der Waals surface area contributed by atoms with E-state index in [4.69, 9.17) is 4.74 Å². The second-order valence-electron chi connectivity index (χ2n) is 6.63. The van der Waals surface area contributed by atoms with Gasteiger partial charge in [-0.15, -0.1) is 0 Å². The Morgan fingerprint density at radius 3 is 2.71 bits per heavy atom. The molecule has 1 fully saturated rings. The molecule has 0 radical (unpaired) electrons. The minimum absolute atomic E-state index is 0.0161. The summed E-state index contributed by atoms with van der Waals surface area (Å²) in [6.07, 6.45) is 1.37. The van der Waals surface area contributed by atoms with E-state index in [1.54, 1.807) is 11.8 Å². The third-order valence-electron chi connectivity index (χ3n) is 4.40. The molecule has 1 heterocycles. The molecule has 2 rings (SSSR count). The number of hydrogen-bond acceptors (Lipinski definition) is 3. The van der Waals surface area contributed by atoms with Gasteiger partial charge in [-0.1, -0.05) is 32.0 Å². The number of rotatable bonds is 6. The Kier molecular flexibility index (Phi) is 6.37. The Bertz CT molecular complexity index is 592. The summed E-state index contributed by atoms with van der Waals surface area (Å²) >= 11 is 0. The lowest BCUT2D eigenvalue weighted by Gasteiger charge is -2.27. The van der Waals surface area contributed by atoms with Crippen LogP contribution in [-0.2, 0) is 14.3 Å². The van der Waals surface area contributed by atoms with E-state index in [0.717, 1.165) is 29.7 Å². The molecule has 1 saturated heterocycles. The van der Waals surface area contributed by atoms with Crippen molar-refractivity contribution in [3.05, 3.63) is 29.3 Å². The number of aryl methyl sites for hydroxylation is 1. The lowest BCUT2D eigenvalue weighted by molar-refractivity contribution is -0.130. The summed E-state index contributed by atoms with van der Waals surface area (Å²) in [5.74, 6) is 0.227. The fraction of sp³-hybridized carbons (Fsp3) is 0.579. The lowest BCUT2D eigenvalue weighted by Crippen LogP contribution is -2.41. The van der Waals surface area contributed by atoms with Gasteiger partial charge in [0.25, 0.3) is 0 Å². The van der Waals surface area contributed by atoms with Gasteiger partial charge in [0.15, 0.2) is 0 Å². The van der Waals surface area contributed by atoms with Crippen LogP contribution in [0.1, 0.15) is 50.7 Å². The number of carbonyl (C=O) groups is 2. The largest absolute Gasteiger partial charge is 0.368 e. The fourth-order valence-electron chi connectivity index (χ4n) is 3.13. The smallest absolute Gasteiger partial charge is 0.249 e. The summed E-state index contributed by atoms with van der Waals surface area (Å²) in [4.78, 5) is 26.0. The summed E-state index contributed by atoms with van der Waals surface area (Å²) in [5, 5.41) is 2.89. The van der Waals surface area contributed by atoms with E-state index >= 15 is 0 Å². The van der Waals surface area contributed by atoms with Gasteiger partial charge in [-0.25, -0.2) is 0 Å². The van der Waals surface area contributed by atoms with Crippen LogP contribution in [0.15, 0.2) is 18.2 Å². The molecule has 24 heavy (non-hydrogen) atoms. The first kappa shape index (κ1) is 18.5. The van der Waals surface area contributed by atoms with Gasteiger partial charge >= 0.3 is 0 Å². The molecule has 5 nitrogen and oxygen atoms in total. The number of hydrogen-bond donors (Lipinski definition) is 1. The molecule has 0 saturated carbocycles. The van der Waals surface area contributed by atoms with Gasteiger partial charge in [0.05, 0.1) is 5.69 Å². The Hall–Kier alpha value is -1.88. The Labute approximate surface area is 144 Å². The van der Waals surface area contributed by atoms with Gasteiger partial charge in [0.2, 0.25) is 11.8 Å². The van der Waals surface area contributed by atoms with E-state index < -0.39 is 0 Å². The topological polar surface area (TPSA) is 58.6 Å². The molecule has 0 spiro atoms. The average Bonchev–Trinajstić information content (AvgIpc) is 3.06. The van der Waals surface area contributed by atoms with Crippen molar-refractivity contribution < 1.29 is 14.3 Å². The molecule has 1 aliphatic heterocycles. The normalized spacial score (nSPS) is 17.1. The molecule has 1 N–H and O–H groups in total. The maximum absolute atomic E-state index is 12.2. The fourth-order valence-corrected chi connectivity index (χ4v) is 3.13. The van der Waals surface area contributed by atoms with E-state index in [1.165, 1.54) is 0 Å². The zero-order valence-electron chi connectivity index (χ0n) is 15.1. The van der Waals surface area contributed by atoms with Crippen LogP contribution in [0, 0.1) is 6.92 Å². The van der Waals surface area contributed by atoms with E-state index in [-0.39, 0.29) is 17.9 Å². The van der Waals surface area contributed by atoms with Gasteiger partial charge in [-0.3, -0.25) is 9.59 Å². The SMILES string of the molecule is CC(=O)N(CCNC(=O)C1CCCO1)c1c(C)cccc1C(C)C. The van der Waals surface area contributed by atoms with Crippen molar-refractivity contribution in [2.24, 2.45) is 0 Å². The summed E-state index contributed by atoms with van der Waals surface area (Å²) in [6, 6.07) is 6.10. The summed E-state index contributed by atoms with van der Waals surface area (Å²) in [7, 11) is 0. The molecule has 0 bridgehead atoms. The molecule has 1 aromatic rings. The first-order chi connectivity index (χ1) is 11.4. The predicted molar refractivity (Wildman–Crippen MR) is 95.3 cm³/mol. The number of nitrogens with one attached hydrogen (secondary N) is 1. The van der Waals surface area contributed by atoms with Crippen LogP contribution in [0.2, 0.25) is 0 Å². The van der Waals surface area contributed by atoms with Crippen LogP contribution in [0.4, 0.5) is 5.69 Å². The van der Waals surface area contributed by atoms with Gasteiger partial charge in [-0.05, 0) is 36.8 Å². The van der Waals surface area contributed by atoms with Crippen molar-refractivity contribution in [3.8, 4) is 0 Å². The third kappa shape index (κ3) is 4.35. The third-order valence-corrected chi connectivity index (χ3v) is 4.40. The number of amides is 2. The molecule has 2 amide bonds. The van der Waals surface area contributed by atoms with E-state index in [9.17, 15) is 9.59 Å². The minimum atomic E-state index is -0.333. The van der Waals surface area contributed by atoms with Gasteiger partial charge in [0, 0.05) is 26.6 Å². The number of nitrogens with zero attached hydrogens (tertiary/aromatic N) is 1. The van der Waals surface area contributed by atoms with Crippen LogP contribution in [0.25, 0.3) is 0 Å². The van der Waals surface area contributed by atoms with E-state index in [2.05, 4.69) is 25.2 Å². The standard InChI is InChI=1S/C19H28N2O3/c1-13(2)16-8-5-7-14(3)18(16)21(15(4)22)11-10-20-19(23)17-9-6-12-24-17/h5,7-8,13,17H,6,9-12H2,1-4H3,(H,20,23). The van der Waals surface area contributed by atoms with Crippen molar-refractivity contribution in [1.29, 1.82) is 0 Å². The highest BCUT2D eigenvalue weighted by molar-refractivity contribution is 5.93. The number of para-hydroxylation sites is 1. The molecule has 1 atom stereocenters. The molecule has 5 heteroatoms. The molecular weight excluding hydrogens is 304 g/mol. The van der Waals surface area contributed by atoms with Crippen molar-refractivity contribution in [2.45, 2.75) is 52.6 Å². The predicted octanol–water partition coefficient (Wildman–Crippen LogP) is 2.77. The second kappa shape index (κ2) is 8.29. The summed E-state index contributed by atoms with van der Waals surface area (Å²) in [6.45, 7) is 9.35. The second-order valence-corrected chi connectivity index (χ2v) is 6.63. The van der Waals surface area contributed by atoms with Crippen molar-refractivity contribution in [2.75, 3.05) is 24.6 Å². The van der Waals surface area contributed by atoms with Gasteiger partial charge < -0.3 is 15.0 Å². The van der Waals surface area contributed by atoms with Crippen molar-refractivity contribution in [1.82, 2.24) is 5.32 Å². The Balaban J connectivity index is 2.07. The maximum atomic E-state index is 12.2. The first-order valence-corrected chi connectivity index (χ1v) is 8.68. The average molecular weight is 332 g/mol. The molecule has 1 aliphatic rings. The molecule has 0 aliphatic carbocycles. The zero-order valence-corrected chi connectivity index (χ0v) is 15.1. The molecule has 1 unspecified atom stereocenters. The molecule has 0 aromatic heterocycles. The monoisotopic (exact) mass is 332 g/mol. The highest BCUT2D eigenvalue weighted by Crippen LogP contribution is 2.30. The van der Waals surface area contributed by atoms with Crippen LogP contribution in [0.5, 0.6) is 0 Å². The quantitative estimate of drug-likeness (QED) is 0.871. The van der Waals surface area contributed by atoms with Crippen LogP contribution >= 0.6 is 0 Å². The van der Waals surface area contributed by atoms with E-state index in [1.807, 2.05) is 19.1 Å². The highest BCUT2D eigenvalue weighted by atomic mass is 16.5. The molecule has 1 aromatic carbocycles. The van der Waals surface area contributed by atoms with Gasteiger partial charge in [0.1, 0.15) is 6.10 Å². The first-order valence-electron chi connectivity index (χ1n) is 8.68. The highest BCUT2D eigenvalue weighted by Gasteiger charge is 2.24. The van der Waals surface area contributed by atoms with Crippen LogP contribution in [-0.4, -0.2) is 37.6 Å².